The van der Waals surface area contributed by atoms with Crippen LogP contribution < -0.4 is 10.8 Å². The molecule has 37 heavy (non-hydrogen) atoms. The molecule has 1 fully saturated rings. The number of rotatable bonds is 10. The fourth-order valence-corrected chi connectivity index (χ4v) is 4.87. The number of nitrogen functional groups attached to an aromatic ring is 1. The van der Waals surface area contributed by atoms with Gasteiger partial charge in [0.1, 0.15) is 41.9 Å². The Labute approximate surface area is 210 Å². The number of nitrogens with two attached hydrogens (primary N) is 1. The van der Waals surface area contributed by atoms with Crippen LogP contribution in [-0.2, 0) is 29.8 Å². The van der Waals surface area contributed by atoms with Crippen molar-refractivity contribution in [1.29, 1.82) is 0 Å². The number of hydrogen-bond acceptors (Lipinski definition) is 12. The SMILES string of the molecule is CCOC(=O)[C@H](Cc1ccc(O)cc1)NP(=O)(O)OC[C@H]1O[C@@H](n2cnc3c(N)ncnc32)[C@H](O)[C@@H]1O. The van der Waals surface area contributed by atoms with E-state index in [9.17, 15) is 29.6 Å². The van der Waals surface area contributed by atoms with Crippen LogP contribution in [0.2, 0.25) is 0 Å². The number of fused-ring (bicyclic) bond motifs is 1. The number of benzene rings is 1. The number of imidazole rings is 1. The van der Waals surface area contributed by atoms with E-state index in [1.54, 1.807) is 19.1 Å². The Morgan fingerprint density at radius 3 is 2.68 bits per heavy atom. The summed E-state index contributed by atoms with van der Waals surface area (Å²) in [6.45, 7) is 1.03. The van der Waals surface area contributed by atoms with Crippen molar-refractivity contribution in [3.8, 4) is 5.75 Å². The number of nitrogens with one attached hydrogen (secondary N) is 1. The third kappa shape index (κ3) is 6.05. The van der Waals surface area contributed by atoms with E-state index in [1.807, 2.05) is 0 Å². The van der Waals surface area contributed by atoms with Gasteiger partial charge in [-0.3, -0.25) is 13.9 Å². The Morgan fingerprint density at radius 1 is 1.24 bits per heavy atom. The summed E-state index contributed by atoms with van der Waals surface area (Å²) in [6, 6.07) is 4.67. The van der Waals surface area contributed by atoms with Crippen LogP contribution in [-0.4, -0.2) is 83.3 Å². The molecule has 15 nitrogen and oxygen atoms in total. The van der Waals surface area contributed by atoms with Crippen LogP contribution in [0.4, 0.5) is 5.82 Å². The Morgan fingerprint density at radius 2 is 1.97 bits per heavy atom. The molecule has 1 aliphatic rings. The summed E-state index contributed by atoms with van der Waals surface area (Å²) in [4.78, 5) is 34.8. The summed E-state index contributed by atoms with van der Waals surface area (Å²) in [5.41, 5.74) is 6.89. The molecule has 1 aromatic carbocycles. The zero-order valence-corrected chi connectivity index (χ0v) is 20.5. The van der Waals surface area contributed by atoms with Gasteiger partial charge in [0.15, 0.2) is 17.7 Å². The molecule has 2 aromatic heterocycles. The van der Waals surface area contributed by atoms with Crippen molar-refractivity contribution in [2.45, 2.75) is 43.9 Å². The summed E-state index contributed by atoms with van der Waals surface area (Å²) < 4.78 is 29.9. The molecule has 4 rings (SSSR count). The molecule has 0 amide bonds. The van der Waals surface area contributed by atoms with Crippen LogP contribution in [0.1, 0.15) is 18.7 Å². The predicted octanol–water partition coefficient (Wildman–Crippen LogP) is -0.386. The smallest absolute Gasteiger partial charge is 0.403 e. The number of ether oxygens (including phenoxy) is 2. The van der Waals surface area contributed by atoms with E-state index in [0.29, 0.717) is 5.56 Å². The summed E-state index contributed by atoms with van der Waals surface area (Å²) in [6.07, 6.45) is -2.80. The third-order valence-electron chi connectivity index (χ3n) is 5.68. The highest BCUT2D eigenvalue weighted by Crippen LogP contribution is 2.40. The zero-order chi connectivity index (χ0) is 26.7. The van der Waals surface area contributed by atoms with Crippen LogP contribution in [0, 0.1) is 0 Å². The molecular formula is C21H27N6O9P. The quantitative estimate of drug-likeness (QED) is 0.143. The van der Waals surface area contributed by atoms with Gasteiger partial charge in [0.25, 0.3) is 0 Å². The van der Waals surface area contributed by atoms with Crippen LogP contribution in [0.25, 0.3) is 11.2 Å². The lowest BCUT2D eigenvalue weighted by atomic mass is 10.1. The van der Waals surface area contributed by atoms with Gasteiger partial charge in [-0.25, -0.2) is 24.6 Å². The van der Waals surface area contributed by atoms with Gasteiger partial charge in [-0.2, -0.15) is 0 Å². The average molecular weight is 538 g/mol. The first kappa shape index (κ1) is 26.9. The van der Waals surface area contributed by atoms with Crippen LogP contribution >= 0.6 is 7.75 Å². The number of phenolic OH excluding ortho intramolecular Hbond substituents is 1. The molecule has 3 aromatic rings. The molecule has 16 heteroatoms. The van der Waals surface area contributed by atoms with Gasteiger partial charge in [0.2, 0.25) is 0 Å². The fourth-order valence-electron chi connectivity index (χ4n) is 3.85. The molecule has 1 saturated heterocycles. The zero-order valence-electron chi connectivity index (χ0n) is 19.6. The molecule has 0 saturated carbocycles. The van der Waals surface area contributed by atoms with Crippen molar-refractivity contribution < 1.29 is 43.6 Å². The fraction of sp³-hybridized carbons (Fsp3) is 0.429. The molecule has 200 valence electrons. The van der Waals surface area contributed by atoms with Crippen molar-refractivity contribution in [3.05, 3.63) is 42.5 Å². The van der Waals surface area contributed by atoms with Crippen molar-refractivity contribution in [2.75, 3.05) is 18.9 Å². The van der Waals surface area contributed by atoms with Gasteiger partial charge >= 0.3 is 13.7 Å². The van der Waals surface area contributed by atoms with E-state index in [0.717, 1.165) is 0 Å². The van der Waals surface area contributed by atoms with Crippen LogP contribution in [0.5, 0.6) is 5.75 Å². The molecule has 0 bridgehead atoms. The van der Waals surface area contributed by atoms with Crippen LogP contribution in [0.15, 0.2) is 36.9 Å². The minimum atomic E-state index is -4.63. The summed E-state index contributed by atoms with van der Waals surface area (Å²) in [5.74, 6) is -0.641. The molecule has 3 heterocycles. The van der Waals surface area contributed by atoms with Gasteiger partial charge in [0, 0.05) is 0 Å². The van der Waals surface area contributed by atoms with Crippen molar-refractivity contribution in [1.82, 2.24) is 24.6 Å². The lowest BCUT2D eigenvalue weighted by molar-refractivity contribution is -0.145. The molecule has 0 spiro atoms. The van der Waals surface area contributed by atoms with Crippen molar-refractivity contribution >= 4 is 30.7 Å². The Bertz CT molecular complexity index is 1290. The molecular weight excluding hydrogens is 511 g/mol. The number of carbonyl (C=O) groups is 1. The van der Waals surface area contributed by atoms with E-state index in [1.165, 1.54) is 29.4 Å². The number of nitrogens with zero attached hydrogens (tertiary/aromatic N) is 4. The van der Waals surface area contributed by atoms with Crippen LogP contribution in [0.3, 0.4) is 0 Å². The lowest BCUT2D eigenvalue weighted by Gasteiger charge is -2.22. The van der Waals surface area contributed by atoms with E-state index in [2.05, 4.69) is 20.0 Å². The maximum atomic E-state index is 12.8. The molecule has 7 N–H and O–H groups in total. The molecule has 0 radical (unpaired) electrons. The number of aliphatic hydroxyl groups is 2. The summed E-state index contributed by atoms with van der Waals surface area (Å²) in [5, 5.41) is 32.7. The maximum Gasteiger partial charge on any atom is 0.403 e. The summed E-state index contributed by atoms with van der Waals surface area (Å²) in [7, 11) is -4.63. The second-order valence-corrected chi connectivity index (χ2v) is 9.81. The van der Waals surface area contributed by atoms with Gasteiger partial charge in [-0.1, -0.05) is 12.1 Å². The minimum Gasteiger partial charge on any atom is -0.508 e. The second kappa shape index (κ2) is 11.1. The highest BCUT2D eigenvalue weighted by Gasteiger charge is 2.45. The number of aromatic hydroxyl groups is 1. The second-order valence-electron chi connectivity index (χ2n) is 8.25. The first-order valence-corrected chi connectivity index (χ1v) is 12.8. The Kier molecular flexibility index (Phi) is 8.04. The number of aliphatic hydroxyl groups excluding tert-OH is 2. The van der Waals surface area contributed by atoms with E-state index < -0.39 is 50.9 Å². The Balaban J connectivity index is 1.42. The lowest BCUT2D eigenvalue weighted by Crippen LogP contribution is -2.39. The molecule has 6 atom stereocenters. The number of esters is 1. The van der Waals surface area contributed by atoms with E-state index in [-0.39, 0.29) is 35.8 Å². The highest BCUT2D eigenvalue weighted by atomic mass is 31.2. The number of aromatic nitrogens is 4. The topological polar surface area (TPSA) is 224 Å². The van der Waals surface area contributed by atoms with Crippen molar-refractivity contribution in [3.63, 3.8) is 0 Å². The first-order chi connectivity index (χ1) is 17.6. The van der Waals surface area contributed by atoms with Gasteiger partial charge < -0.3 is 35.4 Å². The standard InChI is InChI=1S/C21H27N6O9P/c1-2-34-21(31)13(7-11-3-5-12(28)6-4-11)26-37(32,33)35-8-14-16(29)17(30)20(36-14)27-10-25-15-18(22)23-9-24-19(15)27/h3-6,9-10,13-14,16-17,20,28-30H,2,7-8H2,1H3,(H2,22,23,24)(H2,26,32,33)/t13-,14+,16+,17+,20+/m0/s1. The van der Waals surface area contributed by atoms with Crippen molar-refractivity contribution in [2.24, 2.45) is 0 Å². The number of carbonyl (C=O) groups excluding carboxylic acids is 1. The largest absolute Gasteiger partial charge is 0.508 e. The monoisotopic (exact) mass is 538 g/mol. The molecule has 1 aliphatic heterocycles. The van der Waals surface area contributed by atoms with E-state index in [4.69, 9.17) is 19.7 Å². The van der Waals surface area contributed by atoms with Gasteiger partial charge in [-0.15, -0.1) is 0 Å². The predicted molar refractivity (Wildman–Crippen MR) is 127 cm³/mol. The number of hydrogen-bond donors (Lipinski definition) is 6. The van der Waals surface area contributed by atoms with Gasteiger partial charge in [0.05, 0.1) is 19.5 Å². The third-order valence-corrected chi connectivity index (χ3v) is 6.82. The molecule has 1 unspecified atom stereocenters. The highest BCUT2D eigenvalue weighted by molar-refractivity contribution is 7.50. The first-order valence-electron chi connectivity index (χ1n) is 11.2. The van der Waals surface area contributed by atoms with E-state index >= 15 is 0 Å². The Hall–Kier alpha value is -3.17. The maximum absolute atomic E-state index is 12.8. The normalized spacial score (nSPS) is 24.1. The van der Waals surface area contributed by atoms with Gasteiger partial charge in [-0.05, 0) is 31.0 Å². The molecule has 0 aliphatic carbocycles. The average Bonchev–Trinajstić information content (AvgIpc) is 3.41. The number of anilines is 1. The summed E-state index contributed by atoms with van der Waals surface area (Å²) >= 11 is 0. The minimum absolute atomic E-state index is 0.0239. The number of phenols is 1.